The van der Waals surface area contributed by atoms with E-state index in [1.54, 1.807) is 7.11 Å². The molecular weight excluding hydrogens is 306 g/mol. The Balaban J connectivity index is 2.11. The zero-order valence-corrected chi connectivity index (χ0v) is 13.6. The quantitative estimate of drug-likeness (QED) is 0.443. The topological polar surface area (TPSA) is 95.1 Å². The number of hydrogen-bond donors (Lipinski definition) is 1. The van der Waals surface area contributed by atoms with E-state index in [0.29, 0.717) is 39.3 Å². The Hall–Kier alpha value is -1.42. The van der Waals surface area contributed by atoms with E-state index in [-0.39, 0.29) is 13.2 Å². The van der Waals surface area contributed by atoms with Crippen molar-refractivity contribution in [3.63, 3.8) is 0 Å². The first-order valence-corrected chi connectivity index (χ1v) is 7.87. The molecule has 2 saturated heterocycles. The zero-order chi connectivity index (χ0) is 16.8. The lowest BCUT2D eigenvalue weighted by Crippen LogP contribution is -2.50. The van der Waals surface area contributed by atoms with Crippen LogP contribution < -0.4 is 0 Å². The van der Waals surface area contributed by atoms with Gasteiger partial charge in [-0.3, -0.25) is 9.80 Å². The lowest BCUT2D eigenvalue weighted by Gasteiger charge is -2.28. The third-order valence-electron chi connectivity index (χ3n) is 3.77. The second-order valence-corrected chi connectivity index (χ2v) is 5.29. The fourth-order valence-electron chi connectivity index (χ4n) is 2.52. The molecular formula is C14H25N3O6. The number of hydrogen-bond acceptors (Lipinski definition) is 6. The van der Waals surface area contributed by atoms with Crippen LogP contribution >= 0.6 is 0 Å². The van der Waals surface area contributed by atoms with Gasteiger partial charge in [-0.1, -0.05) is 0 Å². The summed E-state index contributed by atoms with van der Waals surface area (Å²) in [5.41, 5.74) is 0. The molecule has 0 radical (unpaired) electrons. The van der Waals surface area contributed by atoms with Crippen molar-refractivity contribution < 1.29 is 28.9 Å². The van der Waals surface area contributed by atoms with Crippen LogP contribution in [-0.4, -0.2) is 97.5 Å². The van der Waals surface area contributed by atoms with Crippen LogP contribution in [0.5, 0.6) is 0 Å². The molecule has 4 amide bonds. The van der Waals surface area contributed by atoms with E-state index in [2.05, 4.69) is 0 Å². The highest BCUT2D eigenvalue weighted by atomic mass is 16.6. The Morgan fingerprint density at radius 2 is 1.70 bits per heavy atom. The Labute approximate surface area is 135 Å². The van der Waals surface area contributed by atoms with Crippen LogP contribution in [0.4, 0.5) is 9.59 Å². The van der Waals surface area contributed by atoms with Crippen LogP contribution in [0.3, 0.4) is 0 Å². The number of aliphatic hydroxyl groups is 1. The van der Waals surface area contributed by atoms with Gasteiger partial charge in [0.05, 0.1) is 13.2 Å². The van der Waals surface area contributed by atoms with E-state index >= 15 is 0 Å². The number of amides is 4. The van der Waals surface area contributed by atoms with E-state index in [1.165, 1.54) is 9.80 Å². The molecule has 0 saturated carbocycles. The van der Waals surface area contributed by atoms with Crippen LogP contribution in [0.2, 0.25) is 0 Å². The molecule has 0 bridgehead atoms. The van der Waals surface area contributed by atoms with Crippen molar-refractivity contribution in [1.82, 2.24) is 14.7 Å². The van der Waals surface area contributed by atoms with Gasteiger partial charge in [-0.25, -0.2) is 14.5 Å². The summed E-state index contributed by atoms with van der Waals surface area (Å²) >= 11 is 0. The third kappa shape index (κ3) is 4.11. The molecule has 2 atom stereocenters. The number of carbonyl (C=O) groups excluding carboxylic acids is 2. The van der Waals surface area contributed by atoms with Gasteiger partial charge < -0.3 is 19.3 Å². The first-order valence-electron chi connectivity index (χ1n) is 7.87. The molecule has 2 aliphatic rings. The number of urea groups is 2. The molecule has 0 aromatic heterocycles. The number of epoxide rings is 1. The minimum absolute atomic E-state index is 0.0859. The summed E-state index contributed by atoms with van der Waals surface area (Å²) in [6.45, 7) is 3.97. The second-order valence-electron chi connectivity index (χ2n) is 5.29. The van der Waals surface area contributed by atoms with E-state index in [1.807, 2.05) is 6.92 Å². The van der Waals surface area contributed by atoms with Crippen molar-refractivity contribution in [3.8, 4) is 0 Å². The average Bonchev–Trinajstić information content (AvgIpc) is 3.32. The van der Waals surface area contributed by atoms with Gasteiger partial charge in [-0.05, 0) is 13.3 Å². The molecule has 2 heterocycles. The maximum absolute atomic E-state index is 12.7. The van der Waals surface area contributed by atoms with E-state index < -0.39 is 24.5 Å². The van der Waals surface area contributed by atoms with Crippen molar-refractivity contribution in [2.45, 2.75) is 25.8 Å². The molecule has 0 aliphatic carbocycles. The van der Waals surface area contributed by atoms with Crippen molar-refractivity contribution in [2.75, 3.05) is 53.2 Å². The number of aliphatic hydroxyl groups excluding tert-OH is 1. The summed E-state index contributed by atoms with van der Waals surface area (Å²) in [5.74, 6) is 0. The van der Waals surface area contributed by atoms with E-state index in [4.69, 9.17) is 19.3 Å². The second kappa shape index (κ2) is 8.44. The third-order valence-corrected chi connectivity index (χ3v) is 3.77. The summed E-state index contributed by atoms with van der Waals surface area (Å²) in [4.78, 5) is 29.5. The van der Waals surface area contributed by atoms with Crippen LogP contribution in [0.25, 0.3) is 0 Å². The van der Waals surface area contributed by atoms with Crippen LogP contribution in [0, 0.1) is 0 Å². The smallest absolute Gasteiger partial charge is 0.330 e. The fourth-order valence-corrected chi connectivity index (χ4v) is 2.52. The maximum atomic E-state index is 12.7. The highest BCUT2D eigenvalue weighted by Crippen LogP contribution is 2.34. The van der Waals surface area contributed by atoms with Crippen LogP contribution in [0.15, 0.2) is 0 Å². The molecule has 2 unspecified atom stereocenters. The Morgan fingerprint density at radius 1 is 1.09 bits per heavy atom. The molecule has 9 heteroatoms. The van der Waals surface area contributed by atoms with Gasteiger partial charge in [-0.2, -0.15) is 0 Å². The summed E-state index contributed by atoms with van der Waals surface area (Å²) in [7, 11) is 1.55. The number of imide groups is 1. The van der Waals surface area contributed by atoms with Gasteiger partial charge in [0.25, 0.3) is 0 Å². The molecule has 1 N–H and O–H groups in total. The highest BCUT2D eigenvalue weighted by molar-refractivity contribution is 5.95. The Kier molecular flexibility index (Phi) is 6.58. The van der Waals surface area contributed by atoms with Crippen molar-refractivity contribution >= 4 is 12.1 Å². The fraction of sp³-hybridized carbons (Fsp3) is 0.857. The van der Waals surface area contributed by atoms with Crippen LogP contribution in [0.1, 0.15) is 13.3 Å². The number of methoxy groups -OCH3 is 1. The first kappa shape index (κ1) is 17.9. The normalized spacial score (nSPS) is 24.0. The molecule has 2 aliphatic heterocycles. The molecule has 0 aromatic carbocycles. The summed E-state index contributed by atoms with van der Waals surface area (Å²) in [5, 5.41) is 9.01. The van der Waals surface area contributed by atoms with Gasteiger partial charge in [0.2, 0.25) is 0 Å². The molecule has 23 heavy (non-hydrogen) atoms. The molecule has 9 nitrogen and oxygen atoms in total. The van der Waals surface area contributed by atoms with Gasteiger partial charge in [0.1, 0.15) is 0 Å². The number of fused-ring (bicyclic) bond motifs is 1. The number of rotatable bonds is 10. The van der Waals surface area contributed by atoms with E-state index in [9.17, 15) is 9.59 Å². The van der Waals surface area contributed by atoms with Gasteiger partial charge in [0.15, 0.2) is 12.5 Å². The molecule has 132 valence electrons. The molecule has 0 spiro atoms. The number of nitrogens with zero attached hydrogens (tertiary/aromatic N) is 3. The van der Waals surface area contributed by atoms with Crippen molar-refractivity contribution in [3.05, 3.63) is 0 Å². The van der Waals surface area contributed by atoms with E-state index in [0.717, 1.165) is 4.90 Å². The lowest BCUT2D eigenvalue weighted by molar-refractivity contribution is 0.0771. The minimum Gasteiger partial charge on any atom is -0.396 e. The number of ether oxygens (including phenoxy) is 3. The summed E-state index contributed by atoms with van der Waals surface area (Å²) in [6, 6.07) is -0.817. The molecule has 2 rings (SSSR count). The Bertz CT molecular complexity index is 421. The molecule has 2 fully saturated rings. The Morgan fingerprint density at radius 3 is 2.22 bits per heavy atom. The monoisotopic (exact) mass is 331 g/mol. The SMILES string of the molecule is CCOCCN1C(=O)N(CCCO)C(=O)N(CCOC)C2OC21. The summed E-state index contributed by atoms with van der Waals surface area (Å²) in [6.07, 6.45) is -0.546. The highest BCUT2D eigenvalue weighted by Gasteiger charge is 2.56. The first-order chi connectivity index (χ1) is 11.2. The lowest BCUT2D eigenvalue weighted by atomic mass is 10.4. The van der Waals surface area contributed by atoms with Gasteiger partial charge in [-0.15, -0.1) is 0 Å². The van der Waals surface area contributed by atoms with Gasteiger partial charge >= 0.3 is 12.1 Å². The predicted molar refractivity (Wildman–Crippen MR) is 79.6 cm³/mol. The van der Waals surface area contributed by atoms with Crippen LogP contribution in [-0.2, 0) is 14.2 Å². The van der Waals surface area contributed by atoms with Gasteiger partial charge in [0, 0.05) is 40.0 Å². The summed E-state index contributed by atoms with van der Waals surface area (Å²) < 4.78 is 15.9. The van der Waals surface area contributed by atoms with Crippen molar-refractivity contribution in [2.24, 2.45) is 0 Å². The largest absolute Gasteiger partial charge is 0.396 e. The zero-order valence-electron chi connectivity index (χ0n) is 13.6. The number of carbonyl (C=O) groups is 2. The standard InChI is InChI=1S/C14H25N3O6/c1-3-22-10-7-16-12-11(23-12)15(6-9-21-2)13(19)17(14(16)20)5-4-8-18/h11-12,18H,3-10H2,1-2H3. The maximum Gasteiger partial charge on any atom is 0.330 e. The molecule has 0 aromatic rings. The van der Waals surface area contributed by atoms with Crippen molar-refractivity contribution in [1.29, 1.82) is 0 Å². The average molecular weight is 331 g/mol. The predicted octanol–water partition coefficient (Wildman–Crippen LogP) is -0.106. The minimum atomic E-state index is -0.442.